The molecule has 1 aliphatic carbocycles. The van der Waals surface area contributed by atoms with E-state index >= 15 is 0 Å². The van der Waals surface area contributed by atoms with Gasteiger partial charge in [0.25, 0.3) is 0 Å². The second kappa shape index (κ2) is 4.31. The predicted octanol–water partition coefficient (Wildman–Crippen LogP) is 2.37. The third kappa shape index (κ3) is 1.94. The number of pyridine rings is 1. The number of nitrogens with one attached hydrogen (secondary N) is 1. The van der Waals surface area contributed by atoms with Crippen LogP contribution in [0, 0.1) is 11.8 Å². The SMILES string of the molecule is COc1cc(C2=CC3CNCC3C2)cnc1Cl. The largest absolute Gasteiger partial charge is 0.494 e. The number of rotatable bonds is 2. The lowest BCUT2D eigenvalue weighted by Crippen LogP contribution is -2.09. The minimum Gasteiger partial charge on any atom is -0.494 e. The van der Waals surface area contributed by atoms with Gasteiger partial charge >= 0.3 is 0 Å². The summed E-state index contributed by atoms with van der Waals surface area (Å²) in [6, 6.07) is 1.98. The van der Waals surface area contributed by atoms with Gasteiger partial charge in [0.15, 0.2) is 10.9 Å². The first-order valence-corrected chi connectivity index (χ1v) is 6.27. The van der Waals surface area contributed by atoms with Crippen molar-refractivity contribution in [3.8, 4) is 5.75 Å². The smallest absolute Gasteiger partial charge is 0.171 e. The summed E-state index contributed by atoms with van der Waals surface area (Å²) < 4.78 is 5.21. The molecule has 0 aromatic carbocycles. The van der Waals surface area contributed by atoms with Crippen LogP contribution in [0.25, 0.3) is 5.57 Å². The van der Waals surface area contributed by atoms with E-state index in [1.807, 2.05) is 12.3 Å². The Balaban J connectivity index is 1.90. The van der Waals surface area contributed by atoms with Gasteiger partial charge in [-0.1, -0.05) is 17.7 Å². The van der Waals surface area contributed by atoms with Crippen LogP contribution < -0.4 is 10.1 Å². The summed E-state index contributed by atoms with van der Waals surface area (Å²) in [6.45, 7) is 2.23. The number of fused-ring (bicyclic) bond motifs is 1. The second-order valence-corrected chi connectivity index (χ2v) is 5.05. The number of hydrogen-bond acceptors (Lipinski definition) is 3. The molecular weight excluding hydrogens is 236 g/mol. The van der Waals surface area contributed by atoms with Gasteiger partial charge in [-0.15, -0.1) is 0 Å². The summed E-state index contributed by atoms with van der Waals surface area (Å²) in [5.74, 6) is 2.10. The molecule has 1 fully saturated rings. The van der Waals surface area contributed by atoms with E-state index in [-0.39, 0.29) is 0 Å². The maximum Gasteiger partial charge on any atom is 0.171 e. The van der Waals surface area contributed by atoms with Crippen molar-refractivity contribution in [2.24, 2.45) is 11.8 Å². The topological polar surface area (TPSA) is 34.1 Å². The molecule has 4 heteroatoms. The van der Waals surface area contributed by atoms with Crippen molar-refractivity contribution in [2.45, 2.75) is 6.42 Å². The van der Waals surface area contributed by atoms with E-state index in [4.69, 9.17) is 16.3 Å². The van der Waals surface area contributed by atoms with Gasteiger partial charge in [0.2, 0.25) is 0 Å². The molecule has 2 unspecified atom stereocenters. The third-order valence-corrected chi connectivity index (χ3v) is 3.97. The first-order valence-electron chi connectivity index (χ1n) is 5.89. The van der Waals surface area contributed by atoms with Gasteiger partial charge in [-0.2, -0.15) is 0 Å². The van der Waals surface area contributed by atoms with Gasteiger partial charge in [0.05, 0.1) is 7.11 Å². The van der Waals surface area contributed by atoms with Crippen LogP contribution >= 0.6 is 11.6 Å². The van der Waals surface area contributed by atoms with E-state index in [9.17, 15) is 0 Å². The average Bonchev–Trinajstić information content (AvgIpc) is 2.90. The summed E-state index contributed by atoms with van der Waals surface area (Å²) in [6.07, 6.45) is 5.34. The lowest BCUT2D eigenvalue weighted by Gasteiger charge is -2.08. The molecule has 17 heavy (non-hydrogen) atoms. The van der Waals surface area contributed by atoms with Gasteiger partial charge in [-0.05, 0) is 42.0 Å². The quantitative estimate of drug-likeness (QED) is 0.819. The molecule has 2 heterocycles. The standard InChI is InChI=1S/C13H15ClN2O/c1-17-12-4-11(7-16-13(12)14)8-2-9-5-15-6-10(9)3-8/h2,4,7,9-10,15H,3,5-6H2,1H3. The zero-order valence-electron chi connectivity index (χ0n) is 9.74. The van der Waals surface area contributed by atoms with Gasteiger partial charge < -0.3 is 10.1 Å². The molecule has 1 aromatic rings. The summed E-state index contributed by atoms with van der Waals surface area (Å²) in [5.41, 5.74) is 2.52. The Morgan fingerprint density at radius 3 is 3.12 bits per heavy atom. The van der Waals surface area contributed by atoms with E-state index in [0.29, 0.717) is 16.8 Å². The highest BCUT2D eigenvalue weighted by molar-refractivity contribution is 6.30. The van der Waals surface area contributed by atoms with Gasteiger partial charge in [-0.3, -0.25) is 0 Å². The number of halogens is 1. The highest BCUT2D eigenvalue weighted by atomic mass is 35.5. The van der Waals surface area contributed by atoms with Crippen molar-refractivity contribution in [2.75, 3.05) is 20.2 Å². The van der Waals surface area contributed by atoms with Crippen molar-refractivity contribution < 1.29 is 4.74 Å². The summed E-state index contributed by atoms with van der Waals surface area (Å²) >= 11 is 5.93. The van der Waals surface area contributed by atoms with Gasteiger partial charge in [-0.25, -0.2) is 4.98 Å². The number of nitrogens with zero attached hydrogens (tertiary/aromatic N) is 1. The molecule has 1 saturated heterocycles. The first-order chi connectivity index (χ1) is 8.28. The van der Waals surface area contributed by atoms with Crippen LogP contribution in [0.5, 0.6) is 5.75 Å². The lowest BCUT2D eigenvalue weighted by atomic mass is 9.99. The highest BCUT2D eigenvalue weighted by Crippen LogP contribution is 2.39. The lowest BCUT2D eigenvalue weighted by molar-refractivity contribution is 0.413. The maximum atomic E-state index is 5.93. The van der Waals surface area contributed by atoms with Crippen LogP contribution in [-0.4, -0.2) is 25.2 Å². The zero-order chi connectivity index (χ0) is 11.8. The van der Waals surface area contributed by atoms with Crippen molar-refractivity contribution >= 4 is 17.2 Å². The maximum absolute atomic E-state index is 5.93. The van der Waals surface area contributed by atoms with Crippen molar-refractivity contribution in [1.82, 2.24) is 10.3 Å². The average molecular weight is 251 g/mol. The van der Waals surface area contributed by atoms with E-state index in [1.165, 1.54) is 5.57 Å². The molecule has 0 amide bonds. The summed E-state index contributed by atoms with van der Waals surface area (Å²) in [4.78, 5) is 4.17. The molecule has 0 bridgehead atoms. The molecule has 2 aliphatic rings. The molecular formula is C13H15ClN2O. The van der Waals surface area contributed by atoms with Gasteiger partial charge in [0, 0.05) is 12.7 Å². The molecule has 1 N–H and O–H groups in total. The molecule has 90 valence electrons. The Hall–Kier alpha value is -1.06. The normalized spacial score (nSPS) is 26.8. The third-order valence-electron chi connectivity index (χ3n) is 3.69. The minimum absolute atomic E-state index is 0.428. The Morgan fingerprint density at radius 2 is 2.35 bits per heavy atom. The predicted molar refractivity (Wildman–Crippen MR) is 68.2 cm³/mol. The number of ether oxygens (including phenoxy) is 1. The van der Waals surface area contributed by atoms with Crippen LogP contribution in [0.15, 0.2) is 18.3 Å². The molecule has 3 rings (SSSR count). The molecule has 1 aromatic heterocycles. The number of allylic oxidation sites excluding steroid dienone is 1. The van der Waals surface area contributed by atoms with Crippen molar-refractivity contribution in [1.29, 1.82) is 0 Å². The van der Waals surface area contributed by atoms with Crippen LogP contribution in [0.2, 0.25) is 5.15 Å². The highest BCUT2D eigenvalue weighted by Gasteiger charge is 2.32. The summed E-state index contributed by atoms with van der Waals surface area (Å²) in [5, 5.41) is 3.85. The minimum atomic E-state index is 0.428. The molecule has 3 nitrogen and oxygen atoms in total. The van der Waals surface area contributed by atoms with Crippen LogP contribution in [0.3, 0.4) is 0 Å². The van der Waals surface area contributed by atoms with Crippen molar-refractivity contribution in [3.63, 3.8) is 0 Å². The molecule has 1 aliphatic heterocycles. The monoisotopic (exact) mass is 250 g/mol. The second-order valence-electron chi connectivity index (χ2n) is 4.70. The molecule has 2 atom stereocenters. The van der Waals surface area contributed by atoms with E-state index in [1.54, 1.807) is 7.11 Å². The fourth-order valence-corrected chi connectivity index (χ4v) is 2.92. The fourth-order valence-electron chi connectivity index (χ4n) is 2.74. The van der Waals surface area contributed by atoms with E-state index in [0.717, 1.165) is 31.0 Å². The van der Waals surface area contributed by atoms with Crippen LogP contribution in [0.4, 0.5) is 0 Å². The van der Waals surface area contributed by atoms with E-state index < -0.39 is 0 Å². The summed E-state index contributed by atoms with van der Waals surface area (Å²) in [7, 11) is 1.62. The number of methoxy groups -OCH3 is 1. The molecule has 0 radical (unpaired) electrons. The van der Waals surface area contributed by atoms with Gasteiger partial charge in [0.1, 0.15) is 0 Å². The van der Waals surface area contributed by atoms with Crippen LogP contribution in [0.1, 0.15) is 12.0 Å². The molecule has 0 saturated carbocycles. The number of aromatic nitrogens is 1. The van der Waals surface area contributed by atoms with Crippen LogP contribution in [-0.2, 0) is 0 Å². The Morgan fingerprint density at radius 1 is 1.47 bits per heavy atom. The van der Waals surface area contributed by atoms with Crippen molar-refractivity contribution in [3.05, 3.63) is 29.1 Å². The van der Waals surface area contributed by atoms with E-state index in [2.05, 4.69) is 16.4 Å². The zero-order valence-corrected chi connectivity index (χ0v) is 10.5. The number of hydrogen-bond donors (Lipinski definition) is 1. The fraction of sp³-hybridized carbons (Fsp3) is 0.462. The Bertz CT molecular complexity index is 472. The molecule has 0 spiro atoms. The Kier molecular flexibility index (Phi) is 2.81. The Labute approximate surface area is 106 Å². The first kappa shape index (κ1) is 11.1.